The van der Waals surface area contributed by atoms with E-state index in [1.807, 2.05) is 0 Å². The number of fused-ring (bicyclic) bond motifs is 1. The highest BCUT2D eigenvalue weighted by molar-refractivity contribution is 5.94. The molecule has 27 heavy (non-hydrogen) atoms. The number of ether oxygens (including phenoxy) is 1. The van der Waals surface area contributed by atoms with Gasteiger partial charge in [-0.3, -0.25) is 19.6 Å². The Morgan fingerprint density at radius 1 is 1.41 bits per heavy atom. The molecule has 0 unspecified atom stereocenters. The van der Waals surface area contributed by atoms with Crippen molar-refractivity contribution in [3.05, 3.63) is 56.9 Å². The van der Waals surface area contributed by atoms with Crippen molar-refractivity contribution in [2.24, 2.45) is 0 Å². The number of nitrogens with zero attached hydrogens (tertiary/aromatic N) is 3. The number of nitro groups is 1. The summed E-state index contributed by atoms with van der Waals surface area (Å²) in [4.78, 5) is 22.2. The molecule has 0 saturated carbocycles. The summed E-state index contributed by atoms with van der Waals surface area (Å²) in [5, 5.41) is 16.9. The highest BCUT2D eigenvalue weighted by atomic mass is 19.4. The fourth-order valence-electron chi connectivity index (χ4n) is 2.86. The number of rotatable bonds is 5. The van der Waals surface area contributed by atoms with Crippen molar-refractivity contribution in [1.29, 1.82) is 0 Å². The van der Waals surface area contributed by atoms with Gasteiger partial charge in [-0.2, -0.15) is 18.3 Å². The molecule has 3 rings (SSSR count). The molecule has 0 atom stereocenters. The quantitative estimate of drug-likeness (QED) is 0.630. The number of amides is 1. The monoisotopic (exact) mass is 384 g/mol. The number of nitrogens with one attached hydrogen (secondary N) is 1. The molecule has 1 aromatic carbocycles. The van der Waals surface area contributed by atoms with Crippen LogP contribution in [-0.4, -0.2) is 33.8 Å². The van der Waals surface area contributed by atoms with Crippen molar-refractivity contribution in [3.63, 3.8) is 0 Å². The minimum absolute atomic E-state index is 0.0216. The minimum Gasteiger partial charge on any atom is -0.376 e. The highest BCUT2D eigenvalue weighted by Gasteiger charge is 2.39. The summed E-state index contributed by atoms with van der Waals surface area (Å²) in [6, 6.07) is 5.18. The van der Waals surface area contributed by atoms with E-state index in [1.165, 1.54) is 22.9 Å². The first kappa shape index (κ1) is 18.8. The van der Waals surface area contributed by atoms with Crippen molar-refractivity contribution >= 4 is 11.6 Å². The van der Waals surface area contributed by atoms with Gasteiger partial charge in [0.1, 0.15) is 0 Å². The van der Waals surface area contributed by atoms with Gasteiger partial charge in [0.2, 0.25) is 0 Å². The maximum absolute atomic E-state index is 13.1. The summed E-state index contributed by atoms with van der Waals surface area (Å²) in [6.45, 7) is 0.215. The summed E-state index contributed by atoms with van der Waals surface area (Å²) in [5.41, 5.74) is -0.631. The van der Waals surface area contributed by atoms with Gasteiger partial charge in [-0.25, -0.2) is 0 Å². The van der Waals surface area contributed by atoms with Gasteiger partial charge in [0, 0.05) is 41.9 Å². The van der Waals surface area contributed by atoms with Gasteiger partial charge in [0.05, 0.1) is 24.7 Å². The molecule has 1 N–H and O–H groups in total. The van der Waals surface area contributed by atoms with Gasteiger partial charge >= 0.3 is 6.18 Å². The van der Waals surface area contributed by atoms with Crippen LogP contribution in [0.5, 0.6) is 0 Å². The third-order valence-corrected chi connectivity index (χ3v) is 4.09. The number of carbonyl (C=O) groups is 1. The zero-order valence-electron chi connectivity index (χ0n) is 14.0. The molecular formula is C16H15F3N4O4. The van der Waals surface area contributed by atoms with Crippen molar-refractivity contribution in [2.45, 2.75) is 25.7 Å². The predicted octanol–water partition coefficient (Wildman–Crippen LogP) is 2.31. The lowest BCUT2D eigenvalue weighted by Gasteiger charge is -2.15. The first-order chi connectivity index (χ1) is 12.8. The molecule has 0 bridgehead atoms. The summed E-state index contributed by atoms with van der Waals surface area (Å²) in [7, 11) is 0. The van der Waals surface area contributed by atoms with Gasteiger partial charge in [-0.1, -0.05) is 6.07 Å². The number of hydrogen-bond donors (Lipinski definition) is 1. The normalized spacial score (nSPS) is 13.9. The molecule has 0 spiro atoms. The van der Waals surface area contributed by atoms with Gasteiger partial charge < -0.3 is 10.1 Å². The molecule has 1 amide bonds. The number of nitro benzene ring substituents is 1. The van der Waals surface area contributed by atoms with Crippen LogP contribution in [-0.2, 0) is 30.5 Å². The first-order valence-corrected chi connectivity index (χ1v) is 8.03. The Bertz CT molecular complexity index is 879. The Morgan fingerprint density at radius 2 is 2.19 bits per heavy atom. The number of non-ortho nitro benzene ring substituents is 1. The lowest BCUT2D eigenvalue weighted by atomic mass is 10.1. The van der Waals surface area contributed by atoms with Crippen molar-refractivity contribution in [2.75, 3.05) is 13.2 Å². The average molecular weight is 384 g/mol. The largest absolute Gasteiger partial charge is 0.435 e. The molecule has 2 heterocycles. The van der Waals surface area contributed by atoms with E-state index in [9.17, 15) is 28.1 Å². The number of halogens is 3. The number of aromatic nitrogens is 2. The molecule has 11 heteroatoms. The van der Waals surface area contributed by atoms with Crippen LogP contribution >= 0.6 is 0 Å². The van der Waals surface area contributed by atoms with Crippen LogP contribution in [0, 0.1) is 10.1 Å². The molecule has 0 saturated heterocycles. The Balaban J connectivity index is 1.69. The van der Waals surface area contributed by atoms with Crippen LogP contribution in [0.3, 0.4) is 0 Å². The number of alkyl halides is 3. The van der Waals surface area contributed by atoms with E-state index in [-0.39, 0.29) is 36.5 Å². The van der Waals surface area contributed by atoms with Gasteiger partial charge in [-0.05, 0) is 6.07 Å². The van der Waals surface area contributed by atoms with E-state index >= 15 is 0 Å². The lowest BCUT2D eigenvalue weighted by molar-refractivity contribution is -0.384. The molecular weight excluding hydrogens is 369 g/mol. The number of hydrogen-bond acceptors (Lipinski definition) is 5. The fourth-order valence-corrected chi connectivity index (χ4v) is 2.86. The Hall–Kier alpha value is -2.95. The van der Waals surface area contributed by atoms with E-state index in [4.69, 9.17) is 4.74 Å². The Labute approximate surface area is 151 Å². The first-order valence-electron chi connectivity index (χ1n) is 8.03. The molecule has 0 fully saturated rings. The van der Waals surface area contributed by atoms with Crippen LogP contribution in [0.1, 0.15) is 27.3 Å². The van der Waals surface area contributed by atoms with Crippen LogP contribution < -0.4 is 5.32 Å². The van der Waals surface area contributed by atoms with Crippen LogP contribution in [0.15, 0.2) is 24.3 Å². The zero-order valence-corrected chi connectivity index (χ0v) is 14.0. The number of carbonyl (C=O) groups excluding carboxylic acids is 1. The molecule has 144 valence electrons. The molecule has 0 aliphatic carbocycles. The van der Waals surface area contributed by atoms with E-state index in [0.29, 0.717) is 18.7 Å². The summed E-state index contributed by atoms with van der Waals surface area (Å²) < 4.78 is 45.7. The lowest BCUT2D eigenvalue weighted by Crippen LogP contribution is -2.28. The summed E-state index contributed by atoms with van der Waals surface area (Å²) in [5.74, 6) is -0.556. The van der Waals surface area contributed by atoms with E-state index in [2.05, 4.69) is 10.4 Å². The average Bonchev–Trinajstić information content (AvgIpc) is 3.01. The molecule has 2 aromatic rings. The highest BCUT2D eigenvalue weighted by Crippen LogP contribution is 2.34. The van der Waals surface area contributed by atoms with Crippen molar-refractivity contribution < 1.29 is 27.6 Å². The Kier molecular flexibility index (Phi) is 5.13. The molecule has 1 aliphatic rings. The van der Waals surface area contributed by atoms with Crippen LogP contribution in [0.4, 0.5) is 18.9 Å². The van der Waals surface area contributed by atoms with Crippen LogP contribution in [0.2, 0.25) is 0 Å². The third-order valence-electron chi connectivity index (χ3n) is 4.09. The van der Waals surface area contributed by atoms with E-state index < -0.39 is 22.7 Å². The van der Waals surface area contributed by atoms with Crippen molar-refractivity contribution in [1.82, 2.24) is 15.1 Å². The predicted molar refractivity (Wildman–Crippen MR) is 86.0 cm³/mol. The maximum atomic E-state index is 13.1. The minimum atomic E-state index is -4.58. The summed E-state index contributed by atoms with van der Waals surface area (Å²) in [6.07, 6.45) is -4.28. The topological polar surface area (TPSA) is 99.3 Å². The zero-order chi connectivity index (χ0) is 19.6. The fraction of sp³-hybridized carbons (Fsp3) is 0.375. The van der Waals surface area contributed by atoms with Gasteiger partial charge in [-0.15, -0.1) is 0 Å². The maximum Gasteiger partial charge on any atom is 0.435 e. The second kappa shape index (κ2) is 7.35. The molecule has 1 aromatic heterocycles. The van der Waals surface area contributed by atoms with E-state index in [1.54, 1.807) is 0 Å². The second-order valence-electron chi connectivity index (χ2n) is 5.86. The van der Waals surface area contributed by atoms with Gasteiger partial charge in [0.25, 0.3) is 11.6 Å². The van der Waals surface area contributed by atoms with Gasteiger partial charge in [0.15, 0.2) is 5.69 Å². The van der Waals surface area contributed by atoms with E-state index in [0.717, 1.165) is 6.07 Å². The smallest absolute Gasteiger partial charge is 0.376 e. The van der Waals surface area contributed by atoms with Crippen molar-refractivity contribution in [3.8, 4) is 0 Å². The Morgan fingerprint density at radius 3 is 2.89 bits per heavy atom. The molecule has 8 nitrogen and oxygen atoms in total. The third kappa shape index (κ3) is 4.08. The number of benzene rings is 1. The SMILES string of the molecule is O=C(NCCn1nc(C(F)(F)F)c2c1CCOC2)c1cccc([N+](=O)[O-])c1. The molecule has 0 radical (unpaired) electrons. The molecule has 1 aliphatic heterocycles. The summed E-state index contributed by atoms with van der Waals surface area (Å²) >= 11 is 0. The van der Waals surface area contributed by atoms with Crippen LogP contribution in [0.25, 0.3) is 0 Å². The standard InChI is InChI=1S/C16H15F3N4O4/c17-16(18,19)14-12-9-27-7-4-13(12)22(21-14)6-5-20-15(24)10-2-1-3-11(8-10)23(25)26/h1-3,8H,4-7,9H2,(H,20,24). The second-order valence-corrected chi connectivity index (χ2v) is 5.86.